The minimum atomic E-state index is 0.870. The van der Waals surface area contributed by atoms with E-state index in [1.807, 2.05) is 30.5 Å². The Balaban J connectivity index is 1.15. The third-order valence-electron chi connectivity index (χ3n) is 10.3. The predicted octanol–water partition coefficient (Wildman–Crippen LogP) is 13.4. The fourth-order valence-electron chi connectivity index (χ4n) is 7.76. The summed E-state index contributed by atoms with van der Waals surface area (Å²) >= 11 is 0. The van der Waals surface area contributed by atoms with Crippen LogP contribution >= 0.6 is 0 Å². The van der Waals surface area contributed by atoms with Gasteiger partial charge in [-0.2, -0.15) is 0 Å². The fraction of sp³-hybridized carbons (Fsp3) is 0. The Labute approximate surface area is 302 Å². The number of benzene rings is 8. The Morgan fingerprint density at radius 3 is 1.35 bits per heavy atom. The molecule has 2 aromatic heterocycles. The summed E-state index contributed by atoms with van der Waals surface area (Å²) in [5.74, 6) is 0. The fourth-order valence-corrected chi connectivity index (χ4v) is 7.76. The first-order chi connectivity index (χ1) is 25.8. The van der Waals surface area contributed by atoms with E-state index in [-0.39, 0.29) is 0 Å². The highest BCUT2D eigenvalue weighted by molar-refractivity contribution is 6.22. The molecule has 0 saturated heterocycles. The summed E-state index contributed by atoms with van der Waals surface area (Å²) in [4.78, 5) is 9.16. The van der Waals surface area contributed by atoms with Gasteiger partial charge in [-0.3, -0.25) is 9.97 Å². The molecule has 8 aromatic carbocycles. The van der Waals surface area contributed by atoms with Crippen LogP contribution in [0.25, 0.3) is 99.0 Å². The first-order valence-corrected chi connectivity index (χ1v) is 17.7. The molecule has 0 atom stereocenters. The molecule has 0 bridgehead atoms. The van der Waals surface area contributed by atoms with Gasteiger partial charge in [0.1, 0.15) is 0 Å². The Kier molecular flexibility index (Phi) is 7.18. The van der Waals surface area contributed by atoms with Crippen molar-refractivity contribution in [3.63, 3.8) is 0 Å². The van der Waals surface area contributed by atoms with Crippen molar-refractivity contribution in [2.45, 2.75) is 0 Å². The molecule has 0 unspecified atom stereocenters. The van der Waals surface area contributed by atoms with Crippen LogP contribution in [0.5, 0.6) is 0 Å². The smallest absolute Gasteiger partial charge is 0.0886 e. The number of pyridine rings is 2. The van der Waals surface area contributed by atoms with Crippen LogP contribution in [-0.2, 0) is 0 Å². The molecule has 0 amide bonds. The second-order valence-electron chi connectivity index (χ2n) is 13.4. The van der Waals surface area contributed by atoms with Gasteiger partial charge in [0.05, 0.1) is 11.4 Å². The predicted molar refractivity (Wildman–Crippen MR) is 219 cm³/mol. The average molecular weight is 661 g/mol. The number of nitrogens with zero attached hydrogens (tertiary/aromatic N) is 2. The minimum absolute atomic E-state index is 0.870. The van der Waals surface area contributed by atoms with E-state index in [4.69, 9.17) is 4.98 Å². The van der Waals surface area contributed by atoms with Crippen LogP contribution in [0.15, 0.2) is 194 Å². The van der Waals surface area contributed by atoms with Gasteiger partial charge in [0, 0.05) is 18.0 Å². The molecule has 0 radical (unpaired) electrons. The van der Waals surface area contributed by atoms with E-state index in [0.717, 1.165) is 22.5 Å². The zero-order valence-corrected chi connectivity index (χ0v) is 28.4. The van der Waals surface area contributed by atoms with E-state index >= 15 is 0 Å². The summed E-state index contributed by atoms with van der Waals surface area (Å²) in [6, 6.07) is 65.8. The largest absolute Gasteiger partial charge is 0.255 e. The Morgan fingerprint density at radius 1 is 0.269 bits per heavy atom. The third kappa shape index (κ3) is 5.21. The van der Waals surface area contributed by atoms with Gasteiger partial charge in [-0.15, -0.1) is 0 Å². The first kappa shape index (κ1) is 30.0. The van der Waals surface area contributed by atoms with Crippen molar-refractivity contribution in [2.24, 2.45) is 0 Å². The molecule has 2 heterocycles. The summed E-state index contributed by atoms with van der Waals surface area (Å²) in [6.07, 6.45) is 3.73. The number of aromatic nitrogens is 2. The topological polar surface area (TPSA) is 25.8 Å². The molecule has 0 saturated carbocycles. The van der Waals surface area contributed by atoms with Crippen molar-refractivity contribution >= 4 is 43.1 Å². The third-order valence-corrected chi connectivity index (χ3v) is 10.3. The van der Waals surface area contributed by atoms with Gasteiger partial charge in [0.2, 0.25) is 0 Å². The molecule has 0 N–H and O–H groups in total. The van der Waals surface area contributed by atoms with Crippen molar-refractivity contribution in [1.82, 2.24) is 9.97 Å². The van der Waals surface area contributed by atoms with Crippen molar-refractivity contribution in [1.29, 1.82) is 0 Å². The average Bonchev–Trinajstić information content (AvgIpc) is 3.22. The van der Waals surface area contributed by atoms with Crippen molar-refractivity contribution < 1.29 is 0 Å². The molecule has 0 aliphatic rings. The summed E-state index contributed by atoms with van der Waals surface area (Å²) in [7, 11) is 0. The van der Waals surface area contributed by atoms with Crippen molar-refractivity contribution in [2.75, 3.05) is 0 Å². The lowest BCUT2D eigenvalue weighted by Crippen LogP contribution is -1.92. The van der Waals surface area contributed by atoms with Crippen LogP contribution in [0.3, 0.4) is 0 Å². The SMILES string of the molecule is c1ccc(-c2ccc(-c3ccc(-c4ccc5c(-c6ccc7ccccc7c6)c6ccccc6c(-c6ccc7ccccc7c6)c5c4)cc3)cn2)nc1. The Morgan fingerprint density at radius 2 is 0.750 bits per heavy atom. The highest BCUT2D eigenvalue weighted by Crippen LogP contribution is 2.45. The molecule has 10 rings (SSSR count). The molecular formula is C50H32N2. The first-order valence-electron chi connectivity index (χ1n) is 17.7. The molecule has 0 aliphatic carbocycles. The van der Waals surface area contributed by atoms with E-state index in [2.05, 4.69) is 163 Å². The second-order valence-corrected chi connectivity index (χ2v) is 13.4. The van der Waals surface area contributed by atoms with Crippen LogP contribution in [0, 0.1) is 0 Å². The highest BCUT2D eigenvalue weighted by Gasteiger charge is 2.18. The molecular weight excluding hydrogens is 629 g/mol. The molecule has 2 nitrogen and oxygen atoms in total. The van der Waals surface area contributed by atoms with E-state index in [1.165, 1.54) is 76.5 Å². The standard InChI is InChI=1S/C50H32N2/c1-3-11-37-29-40(22-20-33(37)9-1)49-43-13-5-6-14-44(43)50(41-23-21-34-10-2-4-12-38(34)30-41)46-31-39(24-26-45(46)49)35-16-18-36(19-17-35)42-25-27-48(52-32-42)47-15-7-8-28-51-47/h1-32H. The van der Waals surface area contributed by atoms with Gasteiger partial charge in [-0.25, -0.2) is 0 Å². The van der Waals surface area contributed by atoms with Gasteiger partial charge in [0.15, 0.2) is 0 Å². The van der Waals surface area contributed by atoms with Crippen molar-refractivity contribution in [3.05, 3.63) is 194 Å². The van der Waals surface area contributed by atoms with Gasteiger partial charge < -0.3 is 0 Å². The maximum atomic E-state index is 4.71. The second kappa shape index (κ2) is 12.5. The van der Waals surface area contributed by atoms with E-state index < -0.39 is 0 Å². The normalized spacial score (nSPS) is 11.5. The van der Waals surface area contributed by atoms with E-state index in [9.17, 15) is 0 Å². The molecule has 0 spiro atoms. The Bertz CT molecular complexity index is 2930. The van der Waals surface area contributed by atoms with Crippen LogP contribution in [0.2, 0.25) is 0 Å². The van der Waals surface area contributed by atoms with Crippen LogP contribution in [0.1, 0.15) is 0 Å². The zero-order valence-electron chi connectivity index (χ0n) is 28.4. The molecule has 2 heteroatoms. The highest BCUT2D eigenvalue weighted by atomic mass is 14.8. The van der Waals surface area contributed by atoms with Crippen molar-refractivity contribution in [3.8, 4) is 55.9 Å². The number of hydrogen-bond acceptors (Lipinski definition) is 2. The molecule has 0 fully saturated rings. The summed E-state index contributed by atoms with van der Waals surface area (Å²) in [5.41, 5.74) is 11.3. The van der Waals surface area contributed by atoms with E-state index in [1.54, 1.807) is 6.20 Å². The minimum Gasteiger partial charge on any atom is -0.255 e. The number of fused-ring (bicyclic) bond motifs is 4. The van der Waals surface area contributed by atoms with Gasteiger partial charge >= 0.3 is 0 Å². The summed E-state index contributed by atoms with van der Waals surface area (Å²) in [5, 5.41) is 9.98. The lowest BCUT2D eigenvalue weighted by molar-refractivity contribution is 1.25. The quantitative estimate of drug-likeness (QED) is 0.172. The van der Waals surface area contributed by atoms with Crippen LogP contribution < -0.4 is 0 Å². The maximum absolute atomic E-state index is 4.71. The lowest BCUT2D eigenvalue weighted by Gasteiger charge is -2.19. The van der Waals surface area contributed by atoms with Crippen LogP contribution in [0.4, 0.5) is 0 Å². The Hall–Kier alpha value is -6.90. The monoisotopic (exact) mass is 660 g/mol. The summed E-state index contributed by atoms with van der Waals surface area (Å²) < 4.78 is 0. The number of hydrogen-bond donors (Lipinski definition) is 0. The molecule has 52 heavy (non-hydrogen) atoms. The van der Waals surface area contributed by atoms with E-state index in [0.29, 0.717) is 0 Å². The lowest BCUT2D eigenvalue weighted by atomic mass is 9.84. The molecule has 242 valence electrons. The molecule has 10 aromatic rings. The number of rotatable bonds is 5. The summed E-state index contributed by atoms with van der Waals surface area (Å²) in [6.45, 7) is 0. The molecule has 0 aliphatic heterocycles. The van der Waals surface area contributed by atoms with Gasteiger partial charge in [0.25, 0.3) is 0 Å². The maximum Gasteiger partial charge on any atom is 0.0886 e. The van der Waals surface area contributed by atoms with Crippen LogP contribution in [-0.4, -0.2) is 9.97 Å². The van der Waals surface area contributed by atoms with Gasteiger partial charge in [-0.05, 0) is 118 Å². The van der Waals surface area contributed by atoms with Gasteiger partial charge in [-0.1, -0.05) is 146 Å². The zero-order chi connectivity index (χ0) is 34.4.